The Morgan fingerprint density at radius 2 is 2.00 bits per heavy atom. The first-order chi connectivity index (χ1) is 9.33. The monoisotopic (exact) mass is 339 g/mol. The summed E-state index contributed by atoms with van der Waals surface area (Å²) >= 11 is 5.22. The van der Waals surface area contributed by atoms with Crippen molar-refractivity contribution in [3.63, 3.8) is 0 Å². The van der Waals surface area contributed by atoms with Crippen molar-refractivity contribution < 1.29 is 9.47 Å². The molecular formula is C14H14BrNO2S. The van der Waals surface area contributed by atoms with Gasteiger partial charge in [0.1, 0.15) is 13.2 Å². The van der Waals surface area contributed by atoms with Gasteiger partial charge in [-0.1, -0.05) is 12.1 Å². The molecule has 0 bridgehead atoms. The summed E-state index contributed by atoms with van der Waals surface area (Å²) in [6.07, 6.45) is 0. The van der Waals surface area contributed by atoms with Crippen LogP contribution in [-0.2, 0) is 13.1 Å². The number of thiophene rings is 1. The molecule has 19 heavy (non-hydrogen) atoms. The maximum absolute atomic E-state index is 5.69. The Morgan fingerprint density at radius 3 is 2.84 bits per heavy atom. The molecule has 5 heteroatoms. The molecule has 0 spiro atoms. The summed E-state index contributed by atoms with van der Waals surface area (Å²) in [5, 5.41) is 3.44. The third-order valence-electron chi connectivity index (χ3n) is 2.89. The van der Waals surface area contributed by atoms with E-state index in [1.807, 2.05) is 12.1 Å². The highest BCUT2D eigenvalue weighted by molar-refractivity contribution is 9.11. The second-order valence-corrected chi connectivity index (χ2v) is 6.80. The van der Waals surface area contributed by atoms with Gasteiger partial charge < -0.3 is 14.8 Å². The molecule has 0 atom stereocenters. The average Bonchev–Trinajstić information content (AvgIpc) is 2.85. The minimum atomic E-state index is 0.627. The Morgan fingerprint density at radius 1 is 1.11 bits per heavy atom. The van der Waals surface area contributed by atoms with E-state index in [4.69, 9.17) is 9.47 Å². The van der Waals surface area contributed by atoms with Crippen molar-refractivity contribution in [3.8, 4) is 11.5 Å². The zero-order chi connectivity index (χ0) is 13.1. The molecule has 0 unspecified atom stereocenters. The van der Waals surface area contributed by atoms with Crippen molar-refractivity contribution in [2.24, 2.45) is 0 Å². The van der Waals surface area contributed by atoms with Gasteiger partial charge in [0.15, 0.2) is 11.5 Å². The lowest BCUT2D eigenvalue weighted by Gasteiger charge is -2.21. The van der Waals surface area contributed by atoms with Crippen LogP contribution in [0.15, 0.2) is 34.1 Å². The van der Waals surface area contributed by atoms with E-state index in [0.717, 1.165) is 33.9 Å². The van der Waals surface area contributed by atoms with E-state index in [2.05, 4.69) is 39.4 Å². The van der Waals surface area contributed by atoms with Crippen LogP contribution in [0.5, 0.6) is 11.5 Å². The van der Waals surface area contributed by atoms with Gasteiger partial charge in [-0.3, -0.25) is 0 Å². The van der Waals surface area contributed by atoms with Crippen molar-refractivity contribution >= 4 is 27.3 Å². The first kappa shape index (κ1) is 13.0. The van der Waals surface area contributed by atoms with Crippen LogP contribution in [-0.4, -0.2) is 13.2 Å². The molecule has 0 amide bonds. The number of hydrogen-bond donors (Lipinski definition) is 1. The third-order valence-corrected chi connectivity index (χ3v) is 4.51. The van der Waals surface area contributed by atoms with E-state index >= 15 is 0 Å². The molecule has 0 aliphatic carbocycles. The fourth-order valence-electron chi connectivity index (χ4n) is 2.04. The minimum absolute atomic E-state index is 0.627. The molecule has 2 heterocycles. The molecule has 0 saturated heterocycles. The maximum Gasteiger partial charge on any atom is 0.165 e. The third kappa shape index (κ3) is 3.11. The first-order valence-electron chi connectivity index (χ1n) is 6.15. The summed E-state index contributed by atoms with van der Waals surface area (Å²) in [5.74, 6) is 1.73. The van der Waals surface area contributed by atoms with E-state index < -0.39 is 0 Å². The highest BCUT2D eigenvalue weighted by atomic mass is 79.9. The van der Waals surface area contributed by atoms with Crippen LogP contribution in [0.1, 0.15) is 10.4 Å². The molecule has 0 saturated carbocycles. The van der Waals surface area contributed by atoms with Crippen LogP contribution in [0, 0.1) is 0 Å². The van der Waals surface area contributed by atoms with E-state index in [9.17, 15) is 0 Å². The predicted octanol–water partition coefficient (Wildman–Crippen LogP) is 3.57. The van der Waals surface area contributed by atoms with Gasteiger partial charge in [-0.15, -0.1) is 11.3 Å². The fourth-order valence-corrected chi connectivity index (χ4v) is 3.49. The highest BCUT2D eigenvalue weighted by Crippen LogP contribution is 2.33. The second-order valence-electron chi connectivity index (χ2n) is 4.25. The molecule has 0 fully saturated rings. The molecule has 100 valence electrons. The van der Waals surface area contributed by atoms with Gasteiger partial charge in [-0.2, -0.15) is 0 Å². The Kier molecular flexibility index (Phi) is 4.06. The summed E-state index contributed by atoms with van der Waals surface area (Å²) in [7, 11) is 0. The SMILES string of the molecule is Brc1ccc(CNCc2cccc3c2OCCO3)s1. The van der Waals surface area contributed by atoms with Crippen LogP contribution in [0.2, 0.25) is 0 Å². The van der Waals surface area contributed by atoms with Gasteiger partial charge >= 0.3 is 0 Å². The highest BCUT2D eigenvalue weighted by Gasteiger charge is 2.14. The summed E-state index contributed by atoms with van der Waals surface area (Å²) in [6.45, 7) is 2.90. The lowest BCUT2D eigenvalue weighted by molar-refractivity contribution is 0.169. The van der Waals surface area contributed by atoms with Crippen molar-refractivity contribution in [1.29, 1.82) is 0 Å². The van der Waals surface area contributed by atoms with Gasteiger partial charge in [0.2, 0.25) is 0 Å². The largest absolute Gasteiger partial charge is 0.486 e. The standard InChI is InChI=1S/C14H14BrNO2S/c15-13-5-4-11(19-13)9-16-8-10-2-1-3-12-14(10)18-7-6-17-12/h1-5,16H,6-9H2. The molecule has 0 radical (unpaired) electrons. The lowest BCUT2D eigenvalue weighted by Crippen LogP contribution is -2.19. The van der Waals surface area contributed by atoms with Crippen molar-refractivity contribution in [2.45, 2.75) is 13.1 Å². The van der Waals surface area contributed by atoms with Gasteiger partial charge in [-0.05, 0) is 34.1 Å². The topological polar surface area (TPSA) is 30.5 Å². The predicted molar refractivity (Wildman–Crippen MR) is 80.0 cm³/mol. The van der Waals surface area contributed by atoms with Gasteiger partial charge in [0.05, 0.1) is 3.79 Å². The molecule has 1 aromatic carbocycles. The second kappa shape index (κ2) is 5.94. The Balaban J connectivity index is 1.64. The molecule has 3 nitrogen and oxygen atoms in total. The minimum Gasteiger partial charge on any atom is -0.486 e. The molecular weight excluding hydrogens is 326 g/mol. The smallest absolute Gasteiger partial charge is 0.165 e. The fraction of sp³-hybridized carbons (Fsp3) is 0.286. The van der Waals surface area contributed by atoms with Crippen molar-refractivity contribution in [2.75, 3.05) is 13.2 Å². The molecule has 1 aliphatic heterocycles. The average molecular weight is 340 g/mol. The van der Waals surface area contributed by atoms with Crippen LogP contribution >= 0.6 is 27.3 Å². The molecule has 1 aliphatic rings. The zero-order valence-electron chi connectivity index (χ0n) is 10.3. The van der Waals surface area contributed by atoms with Gasteiger partial charge in [0, 0.05) is 23.5 Å². The Hall–Kier alpha value is -1.04. The summed E-state index contributed by atoms with van der Waals surface area (Å²) in [6, 6.07) is 10.2. The van der Waals surface area contributed by atoms with Crippen LogP contribution in [0.25, 0.3) is 0 Å². The number of para-hydroxylation sites is 1. The number of fused-ring (bicyclic) bond motifs is 1. The Bertz CT molecular complexity index is 570. The molecule has 1 N–H and O–H groups in total. The molecule has 1 aromatic heterocycles. The van der Waals surface area contributed by atoms with Crippen LogP contribution in [0.3, 0.4) is 0 Å². The lowest BCUT2D eigenvalue weighted by atomic mass is 10.1. The van der Waals surface area contributed by atoms with Crippen molar-refractivity contribution in [1.82, 2.24) is 5.32 Å². The van der Waals surface area contributed by atoms with E-state index in [1.165, 1.54) is 4.88 Å². The summed E-state index contributed by atoms with van der Waals surface area (Å²) in [5.41, 5.74) is 1.15. The number of benzene rings is 1. The van der Waals surface area contributed by atoms with E-state index in [-0.39, 0.29) is 0 Å². The molecule has 3 rings (SSSR count). The zero-order valence-corrected chi connectivity index (χ0v) is 12.7. The number of hydrogen-bond acceptors (Lipinski definition) is 4. The Labute approximate surface area is 124 Å². The van der Waals surface area contributed by atoms with E-state index in [0.29, 0.717) is 13.2 Å². The number of rotatable bonds is 4. The van der Waals surface area contributed by atoms with Crippen LogP contribution in [0.4, 0.5) is 0 Å². The normalized spacial score (nSPS) is 13.5. The van der Waals surface area contributed by atoms with Crippen molar-refractivity contribution in [3.05, 3.63) is 44.6 Å². The van der Waals surface area contributed by atoms with Crippen LogP contribution < -0.4 is 14.8 Å². The maximum atomic E-state index is 5.69. The number of nitrogens with one attached hydrogen (secondary N) is 1. The first-order valence-corrected chi connectivity index (χ1v) is 7.76. The van der Waals surface area contributed by atoms with Gasteiger partial charge in [-0.25, -0.2) is 0 Å². The van der Waals surface area contributed by atoms with E-state index in [1.54, 1.807) is 11.3 Å². The number of halogens is 1. The number of ether oxygens (including phenoxy) is 2. The summed E-state index contributed by atoms with van der Waals surface area (Å²) in [4.78, 5) is 1.31. The summed E-state index contributed by atoms with van der Waals surface area (Å²) < 4.78 is 12.4. The quantitative estimate of drug-likeness (QED) is 0.923. The van der Waals surface area contributed by atoms with Gasteiger partial charge in [0.25, 0.3) is 0 Å². The molecule has 2 aromatic rings.